The van der Waals surface area contributed by atoms with E-state index in [-0.39, 0.29) is 5.54 Å². The fraction of sp³-hybridized carbons (Fsp3) is 0.667. The molecule has 2 atom stereocenters. The number of hydrogen-bond donors (Lipinski definition) is 1. The number of rotatable bonds is 1. The molecular weight excluding hydrogens is 230 g/mol. The van der Waals surface area contributed by atoms with Gasteiger partial charge in [-0.1, -0.05) is 57.0 Å². The molecular formula is C18H29N. The van der Waals surface area contributed by atoms with E-state index in [1.54, 1.807) is 0 Å². The van der Waals surface area contributed by atoms with E-state index in [1.165, 1.54) is 30.4 Å². The third-order valence-corrected chi connectivity index (χ3v) is 4.97. The monoisotopic (exact) mass is 259 g/mol. The van der Waals surface area contributed by atoms with Gasteiger partial charge in [-0.15, -0.1) is 0 Å². The van der Waals surface area contributed by atoms with Gasteiger partial charge in [-0.25, -0.2) is 0 Å². The van der Waals surface area contributed by atoms with Crippen LogP contribution in [0.25, 0.3) is 0 Å². The minimum atomic E-state index is -0.103. The Kier molecular flexibility index (Phi) is 4.06. The molecule has 1 aromatic carbocycles. The lowest BCUT2D eigenvalue weighted by Crippen LogP contribution is -2.36. The van der Waals surface area contributed by atoms with E-state index in [0.717, 1.165) is 18.8 Å². The van der Waals surface area contributed by atoms with E-state index in [4.69, 9.17) is 5.73 Å². The molecule has 19 heavy (non-hydrogen) atoms. The fourth-order valence-electron chi connectivity index (χ4n) is 3.41. The highest BCUT2D eigenvalue weighted by Crippen LogP contribution is 2.42. The zero-order valence-electron chi connectivity index (χ0n) is 13.0. The molecule has 1 heteroatoms. The summed E-state index contributed by atoms with van der Waals surface area (Å²) in [5.74, 6) is 0.809. The molecule has 2 unspecified atom stereocenters. The zero-order valence-corrected chi connectivity index (χ0v) is 13.0. The first kappa shape index (κ1) is 14.6. The lowest BCUT2D eigenvalue weighted by molar-refractivity contribution is 0.211. The Morgan fingerprint density at radius 1 is 1.05 bits per heavy atom. The molecule has 0 spiro atoms. The van der Waals surface area contributed by atoms with Crippen LogP contribution < -0.4 is 5.73 Å². The van der Waals surface area contributed by atoms with Crippen molar-refractivity contribution >= 4 is 0 Å². The van der Waals surface area contributed by atoms with E-state index in [0.29, 0.717) is 5.41 Å². The summed E-state index contributed by atoms with van der Waals surface area (Å²) in [7, 11) is 0. The summed E-state index contributed by atoms with van der Waals surface area (Å²) in [5, 5.41) is 0. The van der Waals surface area contributed by atoms with E-state index >= 15 is 0 Å². The lowest BCUT2D eigenvalue weighted by atomic mass is 9.75. The largest absolute Gasteiger partial charge is 0.321 e. The highest BCUT2D eigenvalue weighted by Gasteiger charge is 2.34. The van der Waals surface area contributed by atoms with Gasteiger partial charge in [-0.2, -0.15) is 0 Å². The molecule has 0 heterocycles. The van der Waals surface area contributed by atoms with Crippen LogP contribution in [0.15, 0.2) is 24.3 Å². The van der Waals surface area contributed by atoms with Gasteiger partial charge >= 0.3 is 0 Å². The summed E-state index contributed by atoms with van der Waals surface area (Å²) in [5.41, 5.74) is 9.69. The summed E-state index contributed by atoms with van der Waals surface area (Å²) in [6.45, 7) is 9.24. The van der Waals surface area contributed by atoms with E-state index in [2.05, 4.69) is 52.0 Å². The van der Waals surface area contributed by atoms with Crippen molar-refractivity contribution in [2.75, 3.05) is 0 Å². The predicted octanol–water partition coefficient (Wildman–Crippen LogP) is 4.78. The minimum Gasteiger partial charge on any atom is -0.321 e. The van der Waals surface area contributed by atoms with Crippen LogP contribution in [0.3, 0.4) is 0 Å². The van der Waals surface area contributed by atoms with Crippen molar-refractivity contribution in [3.63, 3.8) is 0 Å². The van der Waals surface area contributed by atoms with Gasteiger partial charge in [0.1, 0.15) is 0 Å². The van der Waals surface area contributed by atoms with Crippen molar-refractivity contribution in [1.82, 2.24) is 0 Å². The van der Waals surface area contributed by atoms with Crippen molar-refractivity contribution in [3.05, 3.63) is 35.4 Å². The predicted molar refractivity (Wildman–Crippen MR) is 83.1 cm³/mol. The molecule has 0 saturated heterocycles. The van der Waals surface area contributed by atoms with Crippen LogP contribution >= 0.6 is 0 Å². The van der Waals surface area contributed by atoms with Crippen LogP contribution in [0.4, 0.5) is 0 Å². The highest BCUT2D eigenvalue weighted by atomic mass is 14.7. The molecule has 1 nitrogen and oxygen atoms in total. The van der Waals surface area contributed by atoms with E-state index in [9.17, 15) is 0 Å². The molecule has 0 bridgehead atoms. The number of aryl methyl sites for hydroxylation is 1. The number of hydrogen-bond acceptors (Lipinski definition) is 1. The Morgan fingerprint density at radius 3 is 2.26 bits per heavy atom. The Hall–Kier alpha value is -0.820. The molecule has 1 saturated carbocycles. The molecule has 106 valence electrons. The van der Waals surface area contributed by atoms with Crippen LogP contribution in [-0.2, 0) is 5.54 Å². The molecule has 2 N–H and O–H groups in total. The van der Waals surface area contributed by atoms with Crippen molar-refractivity contribution < 1.29 is 0 Å². The fourth-order valence-corrected chi connectivity index (χ4v) is 3.41. The van der Waals surface area contributed by atoms with Crippen molar-refractivity contribution in [3.8, 4) is 0 Å². The maximum absolute atomic E-state index is 6.74. The average Bonchev–Trinajstić information content (AvgIpc) is 2.52. The Labute approximate surface area is 118 Å². The first-order valence-electron chi connectivity index (χ1n) is 7.67. The summed E-state index contributed by atoms with van der Waals surface area (Å²) >= 11 is 0. The Morgan fingerprint density at radius 2 is 1.68 bits per heavy atom. The second-order valence-electron chi connectivity index (χ2n) is 7.52. The molecule has 1 aliphatic carbocycles. The standard InChI is InChI=1S/C18H29N/c1-14-7-9-16(10-8-14)18(19)12-5-6-15(11-13-18)17(2,3)4/h7-10,15H,5-6,11-13,19H2,1-4H3. The molecule has 0 aliphatic heterocycles. The van der Waals surface area contributed by atoms with Crippen LogP contribution in [0.1, 0.15) is 64.0 Å². The van der Waals surface area contributed by atoms with Gasteiger partial charge in [0, 0.05) is 5.54 Å². The molecule has 0 amide bonds. The molecule has 1 fully saturated rings. The maximum Gasteiger partial charge on any atom is 0.0409 e. The molecule has 1 aliphatic rings. The maximum atomic E-state index is 6.74. The topological polar surface area (TPSA) is 26.0 Å². The second-order valence-corrected chi connectivity index (χ2v) is 7.52. The summed E-state index contributed by atoms with van der Waals surface area (Å²) < 4.78 is 0. The van der Waals surface area contributed by atoms with Crippen molar-refractivity contribution in [2.24, 2.45) is 17.1 Å². The number of benzene rings is 1. The van der Waals surface area contributed by atoms with Crippen LogP contribution in [-0.4, -0.2) is 0 Å². The third kappa shape index (κ3) is 3.39. The second kappa shape index (κ2) is 5.28. The zero-order chi connectivity index (χ0) is 14.1. The van der Waals surface area contributed by atoms with Gasteiger partial charge in [0.05, 0.1) is 0 Å². The SMILES string of the molecule is Cc1ccc(C2(N)CCCC(C(C)(C)C)CC2)cc1. The molecule has 0 radical (unpaired) electrons. The molecule has 1 aromatic rings. The average molecular weight is 259 g/mol. The van der Waals surface area contributed by atoms with Crippen molar-refractivity contribution in [1.29, 1.82) is 0 Å². The smallest absolute Gasteiger partial charge is 0.0409 e. The quantitative estimate of drug-likeness (QED) is 0.722. The highest BCUT2D eigenvalue weighted by molar-refractivity contribution is 5.28. The Bertz CT molecular complexity index is 412. The summed E-state index contributed by atoms with van der Waals surface area (Å²) in [6, 6.07) is 8.84. The normalized spacial score (nSPS) is 29.0. The summed E-state index contributed by atoms with van der Waals surface area (Å²) in [6.07, 6.45) is 6.09. The Balaban J connectivity index is 2.15. The van der Waals surface area contributed by atoms with Gasteiger partial charge in [0.2, 0.25) is 0 Å². The van der Waals surface area contributed by atoms with E-state index < -0.39 is 0 Å². The van der Waals surface area contributed by atoms with Gasteiger partial charge in [0.15, 0.2) is 0 Å². The van der Waals surface area contributed by atoms with Crippen LogP contribution in [0, 0.1) is 18.3 Å². The molecule has 0 aromatic heterocycles. The minimum absolute atomic E-state index is 0.103. The van der Waals surface area contributed by atoms with Crippen molar-refractivity contribution in [2.45, 2.75) is 65.3 Å². The van der Waals surface area contributed by atoms with Gasteiger partial charge in [0.25, 0.3) is 0 Å². The number of nitrogens with two attached hydrogens (primary N) is 1. The first-order chi connectivity index (χ1) is 8.81. The van der Waals surface area contributed by atoms with Crippen LogP contribution in [0.2, 0.25) is 0 Å². The lowest BCUT2D eigenvalue weighted by Gasteiger charge is -2.32. The van der Waals surface area contributed by atoms with Gasteiger partial charge < -0.3 is 5.73 Å². The van der Waals surface area contributed by atoms with Gasteiger partial charge in [-0.3, -0.25) is 0 Å². The van der Waals surface area contributed by atoms with E-state index in [1.807, 2.05) is 0 Å². The summed E-state index contributed by atoms with van der Waals surface area (Å²) in [4.78, 5) is 0. The van der Waals surface area contributed by atoms with Gasteiger partial charge in [-0.05, 0) is 49.5 Å². The van der Waals surface area contributed by atoms with Crippen LogP contribution in [0.5, 0.6) is 0 Å². The first-order valence-corrected chi connectivity index (χ1v) is 7.67. The third-order valence-electron chi connectivity index (χ3n) is 4.97. The molecule has 2 rings (SSSR count).